The predicted molar refractivity (Wildman–Crippen MR) is 134 cm³/mol. The van der Waals surface area contributed by atoms with Crippen LogP contribution in [0.5, 0.6) is 0 Å². The van der Waals surface area contributed by atoms with Crippen LogP contribution in [-0.2, 0) is 32.7 Å². The maximum absolute atomic E-state index is 10.2. The minimum absolute atomic E-state index is 0.00166. The van der Waals surface area contributed by atoms with Crippen LogP contribution in [-0.4, -0.2) is 38.2 Å². The zero-order valence-electron chi connectivity index (χ0n) is 20.3. The van der Waals surface area contributed by atoms with Crippen molar-refractivity contribution in [2.75, 3.05) is 13.2 Å². The topological polar surface area (TPSA) is 81.5 Å². The summed E-state index contributed by atoms with van der Waals surface area (Å²) in [5.41, 5.74) is 9.15. The summed E-state index contributed by atoms with van der Waals surface area (Å²) >= 11 is 0. The van der Waals surface area contributed by atoms with E-state index in [4.69, 9.17) is 15.1 Å². The van der Waals surface area contributed by atoms with Crippen molar-refractivity contribution in [2.24, 2.45) is 0 Å². The summed E-state index contributed by atoms with van der Waals surface area (Å²) in [6.45, 7) is 7.00. The van der Waals surface area contributed by atoms with Crippen LogP contribution in [0.15, 0.2) is 48.8 Å². The zero-order chi connectivity index (χ0) is 23.9. The smallest absolute Gasteiger partial charge is 0.0685 e. The molecule has 34 heavy (non-hydrogen) atoms. The molecule has 1 aromatic carbocycles. The molecule has 0 spiro atoms. The molecule has 3 aromatic rings. The molecule has 0 aliphatic heterocycles. The molecule has 1 atom stereocenters. The summed E-state index contributed by atoms with van der Waals surface area (Å²) in [6, 6.07) is 13.0. The lowest BCUT2D eigenvalue weighted by molar-refractivity contribution is 0.153. The minimum atomic E-state index is -0.00166. The highest BCUT2D eigenvalue weighted by Crippen LogP contribution is 2.35. The van der Waals surface area contributed by atoms with Gasteiger partial charge in [0.2, 0.25) is 0 Å². The van der Waals surface area contributed by atoms with Gasteiger partial charge in [-0.05, 0) is 72.6 Å². The Morgan fingerprint density at radius 3 is 2.74 bits per heavy atom. The first-order valence-corrected chi connectivity index (χ1v) is 12.2. The molecule has 0 radical (unpaired) electrons. The summed E-state index contributed by atoms with van der Waals surface area (Å²) in [6.07, 6.45) is 7.13. The van der Waals surface area contributed by atoms with Crippen LogP contribution in [0, 0.1) is 13.8 Å². The number of rotatable bonds is 10. The van der Waals surface area contributed by atoms with Gasteiger partial charge in [0.05, 0.1) is 30.6 Å². The quantitative estimate of drug-likeness (QED) is 0.400. The molecule has 0 fully saturated rings. The third-order valence-electron chi connectivity index (χ3n) is 6.71. The van der Waals surface area contributed by atoms with Gasteiger partial charge in [-0.2, -0.15) is 0 Å². The van der Waals surface area contributed by atoms with Crippen LogP contribution in [0.25, 0.3) is 0 Å². The normalized spacial score (nSPS) is 15.5. The van der Waals surface area contributed by atoms with Crippen molar-refractivity contribution in [3.63, 3.8) is 0 Å². The number of aliphatic hydroxyl groups excluding tert-OH is 2. The summed E-state index contributed by atoms with van der Waals surface area (Å²) in [4.78, 5) is 12.0. The van der Waals surface area contributed by atoms with E-state index in [0.717, 1.165) is 54.7 Å². The third kappa shape index (κ3) is 5.88. The molecule has 0 saturated carbocycles. The number of nitrogens with one attached hydrogen (secondary N) is 1. The molecule has 180 valence electrons. The van der Waals surface area contributed by atoms with E-state index in [2.05, 4.69) is 54.4 Å². The molecule has 0 amide bonds. The molecule has 0 bridgehead atoms. The first-order valence-electron chi connectivity index (χ1n) is 12.2. The van der Waals surface area contributed by atoms with Crippen LogP contribution >= 0.6 is 0 Å². The molecule has 1 aliphatic rings. The average Bonchev–Trinajstić information content (AvgIpc) is 2.85. The van der Waals surface area contributed by atoms with Crippen molar-refractivity contribution in [1.82, 2.24) is 20.2 Å². The molecule has 4 rings (SSSR count). The van der Waals surface area contributed by atoms with Crippen LogP contribution < -0.4 is 5.32 Å². The molecule has 1 unspecified atom stereocenters. The van der Waals surface area contributed by atoms with Gasteiger partial charge >= 0.3 is 0 Å². The van der Waals surface area contributed by atoms with Gasteiger partial charge in [0, 0.05) is 38.6 Å². The average molecular weight is 461 g/mol. The number of nitrogens with zero attached hydrogens (tertiary/aromatic N) is 3. The van der Waals surface area contributed by atoms with Crippen LogP contribution in [0.2, 0.25) is 0 Å². The molecule has 0 saturated heterocycles. The number of benzene rings is 1. The number of aliphatic hydroxyl groups is 2. The Morgan fingerprint density at radius 1 is 1.06 bits per heavy atom. The summed E-state index contributed by atoms with van der Waals surface area (Å²) in [7, 11) is 0. The van der Waals surface area contributed by atoms with Crippen LogP contribution in [0.4, 0.5) is 0 Å². The highest BCUT2D eigenvalue weighted by Gasteiger charge is 2.28. The van der Waals surface area contributed by atoms with Crippen molar-refractivity contribution in [2.45, 2.75) is 65.4 Å². The molecular weight excluding hydrogens is 424 g/mol. The molecule has 2 aromatic heterocycles. The Hall–Kier alpha value is -2.64. The van der Waals surface area contributed by atoms with E-state index < -0.39 is 0 Å². The summed E-state index contributed by atoms with van der Waals surface area (Å²) < 4.78 is 0. The first kappa shape index (κ1) is 24.5. The van der Waals surface area contributed by atoms with Gasteiger partial charge < -0.3 is 15.5 Å². The summed E-state index contributed by atoms with van der Waals surface area (Å²) in [5, 5.41) is 22.4. The summed E-state index contributed by atoms with van der Waals surface area (Å²) in [5.74, 6) is 0. The number of fused-ring (bicyclic) bond motifs is 1. The lowest BCUT2D eigenvalue weighted by Crippen LogP contribution is -2.32. The van der Waals surface area contributed by atoms with Gasteiger partial charge in [-0.3, -0.25) is 14.9 Å². The first-order chi connectivity index (χ1) is 16.6. The molecule has 6 nitrogen and oxygen atoms in total. The van der Waals surface area contributed by atoms with E-state index in [1.165, 1.54) is 22.4 Å². The molecule has 2 heterocycles. The van der Waals surface area contributed by atoms with Gasteiger partial charge in [0.15, 0.2) is 0 Å². The molecule has 1 aliphatic carbocycles. The second kappa shape index (κ2) is 11.7. The van der Waals surface area contributed by atoms with Gasteiger partial charge in [-0.25, -0.2) is 0 Å². The van der Waals surface area contributed by atoms with E-state index in [1.54, 1.807) is 0 Å². The second-order valence-electron chi connectivity index (χ2n) is 9.30. The number of hydrogen-bond donors (Lipinski definition) is 3. The Balaban J connectivity index is 1.65. The van der Waals surface area contributed by atoms with Crippen molar-refractivity contribution in [3.05, 3.63) is 93.6 Å². The molecular formula is C28H36N4O2. The molecule has 6 heteroatoms. The van der Waals surface area contributed by atoms with Crippen molar-refractivity contribution in [3.8, 4) is 0 Å². The van der Waals surface area contributed by atoms with E-state index in [0.29, 0.717) is 13.1 Å². The Bertz CT molecular complexity index is 1100. The number of hydrogen-bond acceptors (Lipinski definition) is 6. The van der Waals surface area contributed by atoms with E-state index in [-0.39, 0.29) is 19.3 Å². The Labute approximate surface area is 202 Å². The van der Waals surface area contributed by atoms with Crippen molar-refractivity contribution >= 4 is 0 Å². The lowest BCUT2D eigenvalue weighted by Gasteiger charge is -2.35. The minimum Gasteiger partial charge on any atom is -0.395 e. The third-order valence-corrected chi connectivity index (χ3v) is 6.71. The number of aryl methyl sites for hydroxylation is 3. The van der Waals surface area contributed by atoms with Crippen LogP contribution in [0.3, 0.4) is 0 Å². The predicted octanol–water partition coefficient (Wildman–Crippen LogP) is 3.75. The highest BCUT2D eigenvalue weighted by atomic mass is 16.3. The van der Waals surface area contributed by atoms with E-state index in [9.17, 15) is 5.11 Å². The monoisotopic (exact) mass is 460 g/mol. The fourth-order valence-electron chi connectivity index (χ4n) is 4.94. The highest BCUT2D eigenvalue weighted by molar-refractivity contribution is 5.33. The van der Waals surface area contributed by atoms with Gasteiger partial charge in [-0.15, -0.1) is 0 Å². The Kier molecular flexibility index (Phi) is 8.40. The van der Waals surface area contributed by atoms with Gasteiger partial charge in [0.25, 0.3) is 0 Å². The maximum atomic E-state index is 10.2. The molecule has 3 N–H and O–H groups in total. The zero-order valence-corrected chi connectivity index (χ0v) is 20.3. The SMILES string of the molecule is Cc1cnc(CN(Cc2ccc(CNCCO)cc2CO)C2CCCc3cccnc32)c(C)c1. The van der Waals surface area contributed by atoms with E-state index >= 15 is 0 Å². The van der Waals surface area contributed by atoms with Crippen LogP contribution in [0.1, 0.15) is 63.7 Å². The van der Waals surface area contributed by atoms with E-state index in [1.807, 2.05) is 18.5 Å². The fourth-order valence-corrected chi connectivity index (χ4v) is 4.94. The standard InChI is InChI=1S/C28H36N4O2/c1-20-13-21(2)26(31-15-20)18-32(27-7-3-5-23-6-4-10-30-28(23)27)17-24-9-8-22(14-25(24)19-34)16-29-11-12-33/h4,6,8-10,13-15,27,29,33-34H,3,5,7,11-12,16-19H2,1-2H3. The second-order valence-corrected chi connectivity index (χ2v) is 9.30. The van der Waals surface area contributed by atoms with Crippen molar-refractivity contribution < 1.29 is 10.2 Å². The van der Waals surface area contributed by atoms with Gasteiger partial charge in [-0.1, -0.05) is 30.3 Å². The number of pyridine rings is 2. The lowest BCUT2D eigenvalue weighted by atomic mass is 9.90. The Morgan fingerprint density at radius 2 is 1.94 bits per heavy atom. The fraction of sp³-hybridized carbons (Fsp3) is 0.429. The van der Waals surface area contributed by atoms with Gasteiger partial charge in [0.1, 0.15) is 0 Å². The number of aromatic nitrogens is 2. The maximum Gasteiger partial charge on any atom is 0.0685 e. The largest absolute Gasteiger partial charge is 0.395 e. The van der Waals surface area contributed by atoms with Crippen molar-refractivity contribution in [1.29, 1.82) is 0 Å².